The number of aromatic nitrogens is 2. The molecule has 2 heteroatoms. The van der Waals surface area contributed by atoms with Gasteiger partial charge in [0.15, 0.2) is 5.82 Å². The maximum Gasteiger partial charge on any atom is 0.160 e. The van der Waals surface area contributed by atoms with Crippen LogP contribution in [0.3, 0.4) is 0 Å². The van der Waals surface area contributed by atoms with E-state index in [2.05, 4.69) is 188 Å². The van der Waals surface area contributed by atoms with E-state index >= 15 is 0 Å². The van der Waals surface area contributed by atoms with Crippen molar-refractivity contribution in [2.45, 2.75) is 24.7 Å². The Bertz CT molecular complexity index is 3460. The molecule has 3 aliphatic carbocycles. The second kappa shape index (κ2) is 15.7. The molecule has 0 spiro atoms. The van der Waals surface area contributed by atoms with E-state index in [1.807, 2.05) is 42.5 Å². The Kier molecular flexibility index (Phi) is 9.07. The second-order valence-corrected chi connectivity index (χ2v) is 17.8. The second-order valence-electron chi connectivity index (χ2n) is 17.8. The van der Waals surface area contributed by atoms with Crippen LogP contribution in [0.5, 0.6) is 0 Å². The maximum absolute atomic E-state index is 5.05. The van der Waals surface area contributed by atoms with Gasteiger partial charge in [0, 0.05) is 17.0 Å². The van der Waals surface area contributed by atoms with Crippen LogP contribution in [-0.2, 0) is 12.8 Å². The van der Waals surface area contributed by atoms with Crippen molar-refractivity contribution < 1.29 is 0 Å². The summed E-state index contributed by atoms with van der Waals surface area (Å²) >= 11 is 0. The molecule has 9 aromatic carbocycles. The van der Waals surface area contributed by atoms with Crippen molar-refractivity contribution in [3.05, 3.63) is 264 Å². The molecule has 0 amide bonds. The van der Waals surface area contributed by atoms with Gasteiger partial charge in [-0.05, 0) is 138 Å². The molecular weight excluding hydrogens is 797 g/mol. The smallest absolute Gasteiger partial charge is 0.160 e. The quantitative estimate of drug-likeness (QED) is 0.160. The number of allylic oxidation sites excluding steroid dienone is 2. The van der Waals surface area contributed by atoms with Gasteiger partial charge in [-0.25, -0.2) is 9.97 Å². The number of hydrogen-bond donors (Lipinski definition) is 0. The predicted molar refractivity (Wildman–Crippen MR) is 270 cm³/mol. The first-order valence-electron chi connectivity index (χ1n) is 23.0. The van der Waals surface area contributed by atoms with E-state index in [-0.39, 0.29) is 5.92 Å². The van der Waals surface area contributed by atoms with Crippen LogP contribution in [-0.4, -0.2) is 9.97 Å². The zero-order chi connectivity index (χ0) is 43.6. The Hall–Kier alpha value is -8.38. The molecule has 2 atom stereocenters. The average molecular weight is 839 g/mol. The minimum Gasteiger partial charge on any atom is -0.228 e. The van der Waals surface area contributed by atoms with Gasteiger partial charge in [0.05, 0.1) is 17.0 Å². The highest BCUT2D eigenvalue weighted by atomic mass is 14.9. The van der Waals surface area contributed by atoms with Crippen molar-refractivity contribution in [1.82, 2.24) is 9.97 Å². The topological polar surface area (TPSA) is 25.8 Å². The average Bonchev–Trinajstić information content (AvgIpc) is 4.18. The molecule has 1 heterocycles. The molecule has 1 aromatic heterocycles. The number of rotatable bonds is 7. The summed E-state index contributed by atoms with van der Waals surface area (Å²) in [6.07, 6.45) is 2.06. The van der Waals surface area contributed by atoms with Gasteiger partial charge in [0.25, 0.3) is 0 Å². The molecule has 13 rings (SSSR count). The lowest BCUT2D eigenvalue weighted by atomic mass is 9.83. The van der Waals surface area contributed by atoms with Crippen molar-refractivity contribution in [3.63, 3.8) is 0 Å². The minimum atomic E-state index is 0.277. The van der Waals surface area contributed by atoms with Crippen LogP contribution in [0.1, 0.15) is 45.2 Å². The Morgan fingerprint density at radius 3 is 1.85 bits per heavy atom. The number of fused-ring (bicyclic) bond motifs is 9. The van der Waals surface area contributed by atoms with Crippen LogP contribution in [0.2, 0.25) is 0 Å². The summed E-state index contributed by atoms with van der Waals surface area (Å²) < 4.78 is 0. The van der Waals surface area contributed by atoms with Gasteiger partial charge in [-0.1, -0.05) is 200 Å². The molecule has 0 fully saturated rings. The van der Waals surface area contributed by atoms with Crippen LogP contribution in [0.4, 0.5) is 0 Å². The fourth-order valence-electron chi connectivity index (χ4n) is 10.7. The summed E-state index contributed by atoms with van der Waals surface area (Å²) in [5, 5.41) is 0. The number of benzene rings is 8. The summed E-state index contributed by atoms with van der Waals surface area (Å²) in [5.74, 6) is 1.39. The highest BCUT2D eigenvalue weighted by Gasteiger charge is 2.45. The Morgan fingerprint density at radius 1 is 0.379 bits per heavy atom. The molecule has 3 aliphatic rings. The first-order chi connectivity index (χ1) is 32.7. The lowest BCUT2D eigenvalue weighted by molar-refractivity contribution is 0.689. The minimum absolute atomic E-state index is 0.277. The number of nitrogens with zero attached hydrogens (tertiary/aromatic N) is 2. The van der Waals surface area contributed by atoms with Gasteiger partial charge in [0.1, 0.15) is 0 Å². The Morgan fingerprint density at radius 2 is 1.02 bits per heavy atom. The van der Waals surface area contributed by atoms with Crippen molar-refractivity contribution in [2.24, 2.45) is 0 Å². The van der Waals surface area contributed by atoms with E-state index in [0.29, 0.717) is 11.7 Å². The molecule has 0 saturated heterocycles. The Labute approximate surface area is 386 Å². The van der Waals surface area contributed by atoms with Gasteiger partial charge in [-0.15, -0.1) is 0 Å². The molecule has 0 bridgehead atoms. The Balaban J connectivity index is 0.819. The third kappa shape index (κ3) is 6.68. The van der Waals surface area contributed by atoms with E-state index in [9.17, 15) is 0 Å². The highest BCUT2D eigenvalue weighted by Crippen LogP contribution is 2.65. The molecule has 308 valence electrons. The molecule has 2 nitrogen and oxygen atoms in total. The number of hydrogen-bond acceptors (Lipinski definition) is 2. The normalized spacial score (nSPS) is 15.3. The first-order valence-corrected chi connectivity index (χ1v) is 23.0. The third-order valence-electron chi connectivity index (χ3n) is 14.0. The van der Waals surface area contributed by atoms with Crippen LogP contribution in [0, 0.1) is 12.1 Å². The van der Waals surface area contributed by atoms with Crippen molar-refractivity contribution in [3.8, 4) is 78.4 Å². The molecule has 66 heavy (non-hydrogen) atoms. The summed E-state index contributed by atoms with van der Waals surface area (Å²) in [6, 6.07) is 85.8. The summed E-state index contributed by atoms with van der Waals surface area (Å²) in [5.41, 5.74) is 26.0. The van der Waals surface area contributed by atoms with E-state index in [1.165, 1.54) is 83.5 Å². The lowest BCUT2D eigenvalue weighted by Gasteiger charge is -2.20. The zero-order valence-electron chi connectivity index (χ0n) is 36.2. The predicted octanol–water partition coefficient (Wildman–Crippen LogP) is 15.6. The molecule has 1 unspecified atom stereocenters. The standard InChI is InChI=1S/C64H42N2/c1-4-15-41(16-5-1)51-37-49-21-10-11-24-53(49)54-33-31-47(36-52(54)38-51)46-22-14-23-50(35-46)61-62-56-26-13-12-25-55(56)58-39-48(32-34-57(58)63(61)62)42-27-29-45(30-28-42)64-65-59(43-17-6-2-7-18-43)40-60(66-64)44-19-8-3-9-20-44/h1-8,10-19,21-36,39-40,51,63H,37-38H2/t51?,63-/m1/s1. The maximum atomic E-state index is 5.05. The van der Waals surface area contributed by atoms with Gasteiger partial charge in [-0.2, -0.15) is 0 Å². The van der Waals surface area contributed by atoms with Crippen LogP contribution < -0.4 is 0 Å². The third-order valence-corrected chi connectivity index (χ3v) is 14.0. The lowest BCUT2D eigenvalue weighted by Crippen LogP contribution is -2.05. The molecule has 0 aliphatic heterocycles. The van der Waals surface area contributed by atoms with E-state index in [0.717, 1.165) is 46.5 Å². The van der Waals surface area contributed by atoms with Gasteiger partial charge < -0.3 is 0 Å². The zero-order valence-corrected chi connectivity index (χ0v) is 36.2. The monoisotopic (exact) mass is 838 g/mol. The van der Waals surface area contributed by atoms with E-state index in [4.69, 9.17) is 9.97 Å². The molecule has 0 saturated carbocycles. The molecule has 0 radical (unpaired) electrons. The fourth-order valence-corrected chi connectivity index (χ4v) is 10.7. The van der Waals surface area contributed by atoms with Crippen LogP contribution in [0.15, 0.2) is 218 Å². The van der Waals surface area contributed by atoms with Crippen molar-refractivity contribution >= 4 is 11.1 Å². The first kappa shape index (κ1) is 38.1. The summed E-state index contributed by atoms with van der Waals surface area (Å²) in [7, 11) is 0. The highest BCUT2D eigenvalue weighted by molar-refractivity contribution is 6.20. The van der Waals surface area contributed by atoms with Crippen LogP contribution >= 0.6 is 0 Å². The van der Waals surface area contributed by atoms with Crippen molar-refractivity contribution in [1.29, 1.82) is 0 Å². The van der Waals surface area contributed by atoms with Crippen LogP contribution in [0.25, 0.3) is 89.6 Å². The van der Waals surface area contributed by atoms with Gasteiger partial charge in [0.2, 0.25) is 0 Å². The fraction of sp³-hybridized carbons (Fsp3) is 0.0625. The SMILES string of the molecule is c1cccc(-c2cc(-c3ccccc3)nc(-c3ccc(-c4ccc5c(c4)-c4ccccc4C4=C(c6cccc(-c7ccc8c(c7)CC(c7ccccc7)Cc7ccccc7-8)c6)[C@H]45)cc3)n2)c#1. The summed E-state index contributed by atoms with van der Waals surface area (Å²) in [6.45, 7) is 0. The van der Waals surface area contributed by atoms with Gasteiger partial charge in [-0.3, -0.25) is 0 Å². The van der Waals surface area contributed by atoms with Gasteiger partial charge >= 0.3 is 0 Å². The largest absolute Gasteiger partial charge is 0.228 e. The van der Waals surface area contributed by atoms with Crippen molar-refractivity contribution in [2.75, 3.05) is 0 Å². The molecule has 10 aromatic rings. The molecule has 0 N–H and O–H groups in total. The van der Waals surface area contributed by atoms with E-state index in [1.54, 1.807) is 0 Å². The summed E-state index contributed by atoms with van der Waals surface area (Å²) in [4.78, 5) is 10.1. The molecular formula is C64H42N2. The van der Waals surface area contributed by atoms with E-state index < -0.39 is 0 Å².